The molecule has 0 saturated carbocycles. The van der Waals surface area contributed by atoms with Gasteiger partial charge in [-0.05, 0) is 0 Å². The van der Waals surface area contributed by atoms with E-state index in [0.29, 0.717) is 0 Å². The molecule has 0 amide bonds. The Morgan fingerprint density at radius 2 is 1.27 bits per heavy atom. The van der Waals surface area contributed by atoms with E-state index in [1.165, 1.54) is 0 Å². The second kappa shape index (κ2) is 11.7. The van der Waals surface area contributed by atoms with Crippen molar-refractivity contribution in [3.63, 3.8) is 0 Å². The van der Waals surface area contributed by atoms with Crippen LogP contribution in [0.2, 0.25) is 0 Å². The van der Waals surface area contributed by atoms with Gasteiger partial charge in [-0.1, -0.05) is 13.8 Å². The quantitative estimate of drug-likeness (QED) is 0.338. The van der Waals surface area contributed by atoms with E-state index in [-0.39, 0.29) is 88.3 Å². The second-order valence-electron chi connectivity index (χ2n) is 1.55. The van der Waals surface area contributed by atoms with E-state index >= 15 is 0 Å². The van der Waals surface area contributed by atoms with E-state index in [0.717, 1.165) is 0 Å². The predicted octanol–water partition coefficient (Wildman–Crippen LogP) is -0.956. The molecule has 0 saturated heterocycles. The number of hydrogen-bond donors (Lipinski definition) is 0. The molecule has 0 aliphatic heterocycles. The van der Waals surface area contributed by atoms with Gasteiger partial charge in [0.15, 0.2) is 0 Å². The Balaban J connectivity index is -0.000000320. The summed E-state index contributed by atoms with van der Waals surface area (Å²) in [6.45, 7) is 3.29. The fourth-order valence-electron chi connectivity index (χ4n) is 0.271. The summed E-state index contributed by atoms with van der Waals surface area (Å²) >= 11 is 0. The van der Waals surface area contributed by atoms with Crippen LogP contribution < -0.4 is 0 Å². The van der Waals surface area contributed by atoms with E-state index < -0.39 is 11.9 Å². The number of ether oxygens (including phenoxy) is 1. The van der Waals surface area contributed by atoms with Gasteiger partial charge in [-0.15, -0.1) is 0 Å². The normalized spacial score (nSPS) is 7.09. The first kappa shape index (κ1) is 18.4. The number of esters is 2. The van der Waals surface area contributed by atoms with Crippen molar-refractivity contribution in [2.45, 2.75) is 26.7 Å². The minimum absolute atomic E-state index is 0. The Kier molecular flexibility index (Phi) is 19.6. The van der Waals surface area contributed by atoms with Crippen LogP contribution in [-0.4, -0.2) is 87.4 Å². The van der Waals surface area contributed by atoms with Crippen LogP contribution >= 0.6 is 0 Å². The van der Waals surface area contributed by atoms with Gasteiger partial charge in [0, 0.05) is 12.8 Å². The van der Waals surface area contributed by atoms with Gasteiger partial charge in [0.1, 0.15) is 0 Å². The summed E-state index contributed by atoms with van der Waals surface area (Å²) in [4.78, 5) is 20.7. The molecule has 0 aromatic rings. The van der Waals surface area contributed by atoms with Crippen molar-refractivity contribution >= 4 is 87.4 Å². The molecular weight excluding hydrogens is 200 g/mol. The molecule has 0 rings (SSSR count). The standard InChI is InChI=1S/C6H10O3.2Ca.4H/c1-3-5(7)9-6(8)4-2;;;;;;/h3-4H2,1-2H3;;;;;;. The molecule has 11 heavy (non-hydrogen) atoms. The number of carbonyl (C=O) groups excluding carboxylic acids is 2. The van der Waals surface area contributed by atoms with Crippen molar-refractivity contribution in [2.75, 3.05) is 0 Å². The Hall–Kier alpha value is 1.66. The first-order valence-corrected chi connectivity index (χ1v) is 2.94. The molecule has 0 bridgehead atoms. The Morgan fingerprint density at radius 3 is 1.45 bits per heavy atom. The zero-order valence-corrected chi connectivity index (χ0v) is 5.64. The third-order valence-electron chi connectivity index (χ3n) is 0.805. The molecule has 0 aromatic heterocycles. The van der Waals surface area contributed by atoms with Crippen molar-refractivity contribution in [3.8, 4) is 0 Å². The SMILES string of the molecule is CCC(=O)OC(=O)CC.[CaH2].[CaH2]. The monoisotopic (exact) mass is 214 g/mol. The molecule has 0 aliphatic rings. The fourth-order valence-corrected chi connectivity index (χ4v) is 0.271. The Bertz CT molecular complexity index is 111. The van der Waals surface area contributed by atoms with E-state index in [4.69, 9.17) is 0 Å². The van der Waals surface area contributed by atoms with Crippen molar-refractivity contribution in [1.82, 2.24) is 0 Å². The number of rotatable bonds is 2. The number of hydrogen-bond acceptors (Lipinski definition) is 3. The van der Waals surface area contributed by atoms with Crippen molar-refractivity contribution in [1.29, 1.82) is 0 Å². The number of carbonyl (C=O) groups is 2. The van der Waals surface area contributed by atoms with Crippen LogP contribution in [0.15, 0.2) is 0 Å². The average Bonchev–Trinajstić information content (AvgIpc) is 1.87. The Morgan fingerprint density at radius 1 is 1.00 bits per heavy atom. The van der Waals surface area contributed by atoms with Crippen LogP contribution in [0.5, 0.6) is 0 Å². The van der Waals surface area contributed by atoms with Crippen LogP contribution in [0.4, 0.5) is 0 Å². The van der Waals surface area contributed by atoms with Crippen molar-refractivity contribution in [3.05, 3.63) is 0 Å². The van der Waals surface area contributed by atoms with Crippen LogP contribution in [0.3, 0.4) is 0 Å². The zero-order chi connectivity index (χ0) is 7.28. The molecule has 0 aliphatic carbocycles. The third kappa shape index (κ3) is 11.7. The summed E-state index contributed by atoms with van der Waals surface area (Å²) in [6.07, 6.45) is 0.511. The molecule has 0 aromatic carbocycles. The molecule has 5 heteroatoms. The van der Waals surface area contributed by atoms with E-state index in [1.54, 1.807) is 13.8 Å². The zero-order valence-electron chi connectivity index (χ0n) is 5.64. The molecule has 0 N–H and O–H groups in total. The topological polar surface area (TPSA) is 43.4 Å². The van der Waals surface area contributed by atoms with Gasteiger partial charge >= 0.3 is 87.4 Å². The Labute approximate surface area is 126 Å². The summed E-state index contributed by atoms with van der Waals surface area (Å²) < 4.78 is 4.27. The summed E-state index contributed by atoms with van der Waals surface area (Å²) in [5.74, 6) is -0.913. The van der Waals surface area contributed by atoms with Crippen molar-refractivity contribution in [2.24, 2.45) is 0 Å². The predicted molar refractivity (Wildman–Crippen MR) is 48.8 cm³/mol. The molecule has 0 unspecified atom stereocenters. The van der Waals surface area contributed by atoms with Gasteiger partial charge < -0.3 is 4.74 Å². The van der Waals surface area contributed by atoms with Crippen LogP contribution in [0, 0.1) is 0 Å². The molecule has 0 heterocycles. The van der Waals surface area contributed by atoms with Gasteiger partial charge in [0.2, 0.25) is 0 Å². The van der Waals surface area contributed by atoms with Gasteiger partial charge in [-0.25, -0.2) is 0 Å². The molecule has 0 radical (unpaired) electrons. The van der Waals surface area contributed by atoms with Gasteiger partial charge in [-0.3, -0.25) is 9.59 Å². The summed E-state index contributed by atoms with van der Waals surface area (Å²) in [5, 5.41) is 0. The van der Waals surface area contributed by atoms with E-state index in [2.05, 4.69) is 4.74 Å². The maximum atomic E-state index is 10.3. The molecule has 3 nitrogen and oxygen atoms in total. The molecule has 0 spiro atoms. The molecular formula is C6H14Ca2O3. The summed E-state index contributed by atoms with van der Waals surface area (Å²) in [5.41, 5.74) is 0. The van der Waals surface area contributed by atoms with E-state index in [9.17, 15) is 9.59 Å². The summed E-state index contributed by atoms with van der Waals surface area (Å²) in [6, 6.07) is 0. The van der Waals surface area contributed by atoms with Gasteiger partial charge in [0.25, 0.3) is 0 Å². The molecule has 0 atom stereocenters. The first-order valence-electron chi connectivity index (χ1n) is 2.94. The minimum atomic E-state index is -0.457. The maximum absolute atomic E-state index is 10.3. The third-order valence-corrected chi connectivity index (χ3v) is 0.805. The summed E-state index contributed by atoms with van der Waals surface area (Å²) in [7, 11) is 0. The van der Waals surface area contributed by atoms with Gasteiger partial charge in [-0.2, -0.15) is 0 Å². The molecule has 60 valence electrons. The second-order valence-corrected chi connectivity index (χ2v) is 1.55. The fraction of sp³-hybridized carbons (Fsp3) is 0.667. The van der Waals surface area contributed by atoms with Crippen LogP contribution in [-0.2, 0) is 14.3 Å². The van der Waals surface area contributed by atoms with Gasteiger partial charge in [0.05, 0.1) is 0 Å². The average molecular weight is 214 g/mol. The van der Waals surface area contributed by atoms with Crippen molar-refractivity contribution < 1.29 is 14.3 Å². The van der Waals surface area contributed by atoms with Crippen LogP contribution in [0.25, 0.3) is 0 Å². The first-order chi connectivity index (χ1) is 4.20. The molecule has 0 fully saturated rings. The van der Waals surface area contributed by atoms with E-state index in [1.807, 2.05) is 0 Å². The van der Waals surface area contributed by atoms with Crippen LogP contribution in [0.1, 0.15) is 26.7 Å².